The maximum Gasteiger partial charge on any atom is 0.272 e. The number of nitrogens with zero attached hydrogens (tertiary/aromatic N) is 4. The molecule has 33 heavy (non-hydrogen) atoms. The SMILES string of the molecule is CCCCn1c(=O)c2sccc2n2c(CCC(=O)NCc3ccc(OCCC)cc3)nnc12. The van der Waals surface area contributed by atoms with E-state index in [1.54, 1.807) is 4.57 Å². The molecule has 8 nitrogen and oxygen atoms in total. The number of rotatable bonds is 11. The molecule has 9 heteroatoms. The van der Waals surface area contributed by atoms with Crippen LogP contribution in [0.4, 0.5) is 0 Å². The number of aromatic nitrogens is 4. The van der Waals surface area contributed by atoms with Gasteiger partial charge in [0.1, 0.15) is 16.3 Å². The number of fused-ring (bicyclic) bond motifs is 3. The molecule has 3 aromatic heterocycles. The van der Waals surface area contributed by atoms with Crippen molar-refractivity contribution in [3.05, 3.63) is 57.5 Å². The molecule has 1 aromatic carbocycles. The first-order valence-corrected chi connectivity index (χ1v) is 12.3. The molecule has 0 radical (unpaired) electrons. The fourth-order valence-corrected chi connectivity index (χ4v) is 4.52. The molecule has 4 rings (SSSR count). The first-order valence-electron chi connectivity index (χ1n) is 11.4. The summed E-state index contributed by atoms with van der Waals surface area (Å²) in [7, 11) is 0. The molecule has 0 aliphatic heterocycles. The van der Waals surface area contributed by atoms with Crippen LogP contribution >= 0.6 is 11.3 Å². The second-order valence-electron chi connectivity index (χ2n) is 7.97. The molecule has 0 unspecified atom stereocenters. The van der Waals surface area contributed by atoms with E-state index in [-0.39, 0.29) is 17.9 Å². The fraction of sp³-hybridized carbons (Fsp3) is 0.417. The zero-order chi connectivity index (χ0) is 23.2. The second kappa shape index (κ2) is 10.6. The van der Waals surface area contributed by atoms with Crippen LogP contribution in [0.2, 0.25) is 0 Å². The molecule has 174 valence electrons. The van der Waals surface area contributed by atoms with Crippen LogP contribution in [0.1, 0.15) is 50.9 Å². The Hall–Kier alpha value is -3.20. The van der Waals surface area contributed by atoms with Gasteiger partial charge in [-0.05, 0) is 42.0 Å². The topological polar surface area (TPSA) is 90.5 Å². The fourth-order valence-electron chi connectivity index (χ4n) is 3.70. The van der Waals surface area contributed by atoms with Gasteiger partial charge in [-0.1, -0.05) is 32.4 Å². The number of hydrogen-bond acceptors (Lipinski definition) is 6. The Morgan fingerprint density at radius 3 is 2.70 bits per heavy atom. The lowest BCUT2D eigenvalue weighted by molar-refractivity contribution is -0.121. The molecule has 1 N–H and O–H groups in total. The summed E-state index contributed by atoms with van der Waals surface area (Å²) < 4.78 is 9.90. The minimum absolute atomic E-state index is 0.0243. The van der Waals surface area contributed by atoms with Crippen molar-refractivity contribution in [3.8, 4) is 5.75 Å². The van der Waals surface area contributed by atoms with Gasteiger partial charge < -0.3 is 10.1 Å². The summed E-state index contributed by atoms with van der Waals surface area (Å²) in [6.45, 7) is 5.92. The quantitative estimate of drug-likeness (QED) is 0.361. The summed E-state index contributed by atoms with van der Waals surface area (Å²) in [5.41, 5.74) is 1.79. The zero-order valence-corrected chi connectivity index (χ0v) is 19.9. The Kier molecular flexibility index (Phi) is 7.39. The number of benzene rings is 1. The molecule has 4 aromatic rings. The van der Waals surface area contributed by atoms with E-state index in [0.717, 1.165) is 36.1 Å². The van der Waals surface area contributed by atoms with Crippen LogP contribution in [0.3, 0.4) is 0 Å². The summed E-state index contributed by atoms with van der Waals surface area (Å²) in [5.74, 6) is 2.01. The van der Waals surface area contributed by atoms with E-state index in [2.05, 4.69) is 29.4 Å². The molecular formula is C24H29N5O3S. The number of aryl methyl sites for hydroxylation is 2. The van der Waals surface area contributed by atoms with Gasteiger partial charge >= 0.3 is 0 Å². The monoisotopic (exact) mass is 467 g/mol. The van der Waals surface area contributed by atoms with Gasteiger partial charge in [0.05, 0.1) is 12.1 Å². The lowest BCUT2D eigenvalue weighted by Crippen LogP contribution is -2.24. The van der Waals surface area contributed by atoms with E-state index < -0.39 is 0 Å². The van der Waals surface area contributed by atoms with Crippen LogP contribution in [0.15, 0.2) is 40.5 Å². The van der Waals surface area contributed by atoms with E-state index in [1.807, 2.05) is 40.1 Å². The predicted molar refractivity (Wildman–Crippen MR) is 130 cm³/mol. The van der Waals surface area contributed by atoms with Crippen molar-refractivity contribution < 1.29 is 9.53 Å². The van der Waals surface area contributed by atoms with E-state index in [4.69, 9.17) is 4.74 Å². The van der Waals surface area contributed by atoms with E-state index >= 15 is 0 Å². The molecular weight excluding hydrogens is 438 g/mol. The predicted octanol–water partition coefficient (Wildman–Crippen LogP) is 3.94. The standard InChI is InChI=1S/C24H29N5O3S/c1-3-5-13-28-23(31)22-19(12-15-33-22)29-20(26-27-24(28)29)10-11-21(30)25-16-17-6-8-18(9-7-17)32-14-4-2/h6-9,12,15H,3-5,10-11,13-14,16H2,1-2H3,(H,25,30). The zero-order valence-electron chi connectivity index (χ0n) is 19.0. The number of carbonyl (C=O) groups is 1. The van der Waals surface area contributed by atoms with E-state index in [9.17, 15) is 9.59 Å². The number of hydrogen-bond donors (Lipinski definition) is 1. The molecule has 0 aliphatic carbocycles. The highest BCUT2D eigenvalue weighted by atomic mass is 32.1. The Labute approximate surface area is 196 Å². The van der Waals surface area contributed by atoms with Crippen molar-refractivity contribution in [2.75, 3.05) is 6.61 Å². The summed E-state index contributed by atoms with van der Waals surface area (Å²) in [4.78, 5) is 25.4. The molecule has 0 spiro atoms. The third-order valence-corrected chi connectivity index (χ3v) is 6.37. The molecule has 0 fully saturated rings. The molecule has 0 aliphatic rings. The Bertz CT molecular complexity index is 1290. The van der Waals surface area contributed by atoms with Gasteiger partial charge in [0.25, 0.3) is 5.56 Å². The minimum Gasteiger partial charge on any atom is -0.494 e. The van der Waals surface area contributed by atoms with E-state index in [1.165, 1.54) is 11.3 Å². The number of thiophene rings is 1. The van der Waals surface area contributed by atoms with Crippen LogP contribution in [-0.2, 0) is 24.3 Å². The van der Waals surface area contributed by atoms with Crippen LogP contribution in [0.5, 0.6) is 5.75 Å². The van der Waals surface area contributed by atoms with Gasteiger partial charge in [0.2, 0.25) is 11.7 Å². The molecule has 0 atom stereocenters. The van der Waals surface area contributed by atoms with Crippen molar-refractivity contribution in [3.63, 3.8) is 0 Å². The Morgan fingerprint density at radius 1 is 1.12 bits per heavy atom. The minimum atomic E-state index is -0.0565. The first-order chi connectivity index (χ1) is 16.1. The smallest absolute Gasteiger partial charge is 0.272 e. The van der Waals surface area contributed by atoms with Crippen LogP contribution < -0.4 is 15.6 Å². The third-order valence-electron chi connectivity index (χ3n) is 5.48. The van der Waals surface area contributed by atoms with Crippen molar-refractivity contribution in [2.45, 2.75) is 59.0 Å². The highest BCUT2D eigenvalue weighted by Crippen LogP contribution is 2.20. The van der Waals surface area contributed by atoms with Crippen molar-refractivity contribution in [1.82, 2.24) is 24.5 Å². The number of unbranched alkanes of at least 4 members (excludes halogenated alkanes) is 1. The lowest BCUT2D eigenvalue weighted by atomic mass is 10.2. The van der Waals surface area contributed by atoms with Crippen LogP contribution in [-0.4, -0.2) is 31.7 Å². The Morgan fingerprint density at radius 2 is 1.94 bits per heavy atom. The molecule has 0 saturated carbocycles. The van der Waals surface area contributed by atoms with Crippen LogP contribution in [0.25, 0.3) is 16.0 Å². The largest absolute Gasteiger partial charge is 0.494 e. The van der Waals surface area contributed by atoms with E-state index in [0.29, 0.717) is 42.4 Å². The van der Waals surface area contributed by atoms with Gasteiger partial charge in [-0.2, -0.15) is 0 Å². The summed E-state index contributed by atoms with van der Waals surface area (Å²) in [5, 5.41) is 13.5. The maximum atomic E-state index is 12.9. The average Bonchev–Trinajstić information content (AvgIpc) is 3.48. The molecule has 3 heterocycles. The van der Waals surface area contributed by atoms with Gasteiger partial charge in [-0.25, -0.2) is 0 Å². The summed E-state index contributed by atoms with van der Waals surface area (Å²) in [6.07, 6.45) is 3.57. The number of amides is 1. The summed E-state index contributed by atoms with van der Waals surface area (Å²) >= 11 is 1.43. The maximum absolute atomic E-state index is 12.9. The molecule has 0 saturated heterocycles. The van der Waals surface area contributed by atoms with Gasteiger partial charge in [0.15, 0.2) is 0 Å². The third kappa shape index (κ3) is 5.08. The Balaban J connectivity index is 1.43. The van der Waals surface area contributed by atoms with Gasteiger partial charge in [-0.15, -0.1) is 21.5 Å². The average molecular weight is 468 g/mol. The number of ether oxygens (including phenoxy) is 1. The molecule has 0 bridgehead atoms. The summed E-state index contributed by atoms with van der Waals surface area (Å²) in [6, 6.07) is 9.67. The van der Waals surface area contributed by atoms with Gasteiger partial charge in [-0.3, -0.25) is 18.6 Å². The van der Waals surface area contributed by atoms with Crippen molar-refractivity contribution in [1.29, 1.82) is 0 Å². The van der Waals surface area contributed by atoms with Crippen molar-refractivity contribution in [2.24, 2.45) is 0 Å². The normalized spacial score (nSPS) is 11.3. The highest BCUT2D eigenvalue weighted by Gasteiger charge is 2.17. The number of nitrogens with one attached hydrogen (secondary N) is 1. The van der Waals surface area contributed by atoms with Crippen molar-refractivity contribution >= 4 is 33.2 Å². The number of carbonyl (C=O) groups excluding carboxylic acids is 1. The highest BCUT2D eigenvalue weighted by molar-refractivity contribution is 7.17. The second-order valence-corrected chi connectivity index (χ2v) is 8.88. The first kappa shape index (κ1) is 23.0. The molecule has 1 amide bonds. The van der Waals surface area contributed by atoms with Gasteiger partial charge in [0, 0.05) is 25.9 Å². The lowest BCUT2D eigenvalue weighted by Gasteiger charge is -2.09. The van der Waals surface area contributed by atoms with Crippen LogP contribution in [0, 0.1) is 0 Å².